The van der Waals surface area contributed by atoms with Gasteiger partial charge in [-0.05, 0) is 6.07 Å². The monoisotopic (exact) mass is 276 g/mol. The van der Waals surface area contributed by atoms with Crippen LogP contribution in [-0.2, 0) is 18.3 Å². The van der Waals surface area contributed by atoms with Crippen molar-refractivity contribution in [2.24, 2.45) is 0 Å². The number of ether oxygens (including phenoxy) is 1. The van der Waals surface area contributed by atoms with Gasteiger partial charge in [0.25, 0.3) is 0 Å². The summed E-state index contributed by atoms with van der Waals surface area (Å²) in [7, 11) is -2.44. The lowest BCUT2D eigenvalue weighted by atomic mass is 10.3. The summed E-state index contributed by atoms with van der Waals surface area (Å²) in [6.45, 7) is -0.734. The van der Waals surface area contributed by atoms with E-state index in [-0.39, 0.29) is 12.6 Å². The number of rotatable bonds is 2. The van der Waals surface area contributed by atoms with E-state index in [1.807, 2.05) is 0 Å². The summed E-state index contributed by atoms with van der Waals surface area (Å²) in [5.41, 5.74) is 4.65. The summed E-state index contributed by atoms with van der Waals surface area (Å²) in [4.78, 5) is 15.1. The first-order valence-corrected chi connectivity index (χ1v) is 6.05. The van der Waals surface area contributed by atoms with E-state index < -0.39 is 32.9 Å². The molecule has 0 aromatic carbocycles. The molecule has 3 N–H and O–H groups in total. The number of nitrogen functional groups attached to an aromatic ring is 1. The van der Waals surface area contributed by atoms with Crippen molar-refractivity contribution < 1.29 is 23.5 Å². The average Bonchev–Trinajstić information content (AvgIpc) is 2.50. The highest BCUT2D eigenvalue weighted by Gasteiger charge is 2.39. The zero-order valence-electron chi connectivity index (χ0n) is 9.13. The van der Waals surface area contributed by atoms with Gasteiger partial charge in [-0.25, -0.2) is 4.79 Å². The van der Waals surface area contributed by atoms with Gasteiger partial charge >= 0.3 is 13.9 Å². The number of anilines is 1. The van der Waals surface area contributed by atoms with Crippen LogP contribution >= 0.6 is 8.25 Å². The van der Waals surface area contributed by atoms with Gasteiger partial charge in [-0.1, -0.05) is 9.05 Å². The van der Waals surface area contributed by atoms with Crippen LogP contribution in [0.25, 0.3) is 0 Å². The predicted molar refractivity (Wildman–Crippen MR) is 58.5 cm³/mol. The first kappa shape index (κ1) is 13.1. The highest BCUT2D eigenvalue weighted by atomic mass is 31.1. The molecule has 0 saturated carbocycles. The molecule has 0 bridgehead atoms. The first-order chi connectivity index (χ1) is 8.61. The van der Waals surface area contributed by atoms with Gasteiger partial charge < -0.3 is 15.6 Å². The highest BCUT2D eigenvalue weighted by Crippen LogP contribution is 2.35. The Morgan fingerprint density at radius 1 is 1.67 bits per heavy atom. The molecule has 0 radical (unpaired) electrons. The zero-order chi connectivity index (χ0) is 13.1. The molecular weight excluding hydrogens is 265 g/mol. The topological polar surface area (TPSA) is 126 Å². The lowest BCUT2D eigenvalue weighted by Crippen LogP contribution is -2.37. The van der Waals surface area contributed by atoms with Gasteiger partial charge in [0, 0.05) is 10.8 Å². The third-order valence-corrected chi connectivity index (χ3v) is 2.96. The molecular formula is C8H11N3O6P+. The summed E-state index contributed by atoms with van der Waals surface area (Å²) in [5, 5.41) is 9.16. The summed E-state index contributed by atoms with van der Waals surface area (Å²) in [6, 6.07) is 1.37. The largest absolute Gasteiger partial charge is 0.702 e. The smallest absolute Gasteiger partial charge is 0.393 e. The SMILES string of the molecule is Nc1ccn([C@H]2O[P+](=O)OCOC2CO)c(=O)n1. The quantitative estimate of drug-likeness (QED) is 0.683. The number of hydrogen-bond acceptors (Lipinski definition) is 8. The summed E-state index contributed by atoms with van der Waals surface area (Å²) in [6.07, 6.45) is -0.674. The van der Waals surface area contributed by atoms with Crippen molar-refractivity contribution in [2.75, 3.05) is 19.1 Å². The summed E-state index contributed by atoms with van der Waals surface area (Å²) >= 11 is 0. The number of aliphatic hydroxyl groups is 1. The Morgan fingerprint density at radius 3 is 3.11 bits per heavy atom. The minimum Gasteiger partial charge on any atom is -0.393 e. The van der Waals surface area contributed by atoms with E-state index >= 15 is 0 Å². The van der Waals surface area contributed by atoms with Crippen LogP contribution in [0.2, 0.25) is 0 Å². The molecule has 0 spiro atoms. The minimum atomic E-state index is -2.44. The second kappa shape index (κ2) is 5.51. The van der Waals surface area contributed by atoms with Gasteiger partial charge in [-0.2, -0.15) is 4.98 Å². The molecule has 98 valence electrons. The number of aliphatic hydroxyl groups excluding tert-OH is 1. The molecule has 2 unspecified atom stereocenters. The third-order valence-electron chi connectivity index (χ3n) is 2.26. The molecule has 2 rings (SSSR count). The van der Waals surface area contributed by atoms with E-state index in [0.717, 1.165) is 4.57 Å². The minimum absolute atomic E-state index is 0.0481. The second-order valence-corrected chi connectivity index (χ2v) is 4.31. The normalized spacial score (nSPS) is 26.8. The Bertz CT molecular complexity index is 506. The van der Waals surface area contributed by atoms with E-state index in [4.69, 9.17) is 20.1 Å². The Hall–Kier alpha value is -1.38. The zero-order valence-corrected chi connectivity index (χ0v) is 10.0. The third kappa shape index (κ3) is 2.71. The summed E-state index contributed by atoms with van der Waals surface area (Å²) in [5.74, 6) is 0.0481. The van der Waals surface area contributed by atoms with Gasteiger partial charge in [0.15, 0.2) is 0 Å². The van der Waals surface area contributed by atoms with Crippen molar-refractivity contribution in [2.45, 2.75) is 12.3 Å². The fraction of sp³-hybridized carbons (Fsp3) is 0.500. The lowest BCUT2D eigenvalue weighted by Gasteiger charge is -2.19. The maximum atomic E-state index is 11.6. The van der Waals surface area contributed by atoms with Crippen molar-refractivity contribution in [3.8, 4) is 0 Å². The summed E-state index contributed by atoms with van der Waals surface area (Å²) < 4.78 is 27.0. The molecule has 1 aromatic heterocycles. The molecule has 2 heterocycles. The Morgan fingerprint density at radius 2 is 2.44 bits per heavy atom. The number of aromatic nitrogens is 2. The fourth-order valence-electron chi connectivity index (χ4n) is 1.42. The Kier molecular flexibility index (Phi) is 4.00. The molecule has 0 amide bonds. The Labute approximate surface area is 102 Å². The van der Waals surface area contributed by atoms with Crippen LogP contribution in [0.3, 0.4) is 0 Å². The van der Waals surface area contributed by atoms with Crippen molar-refractivity contribution in [3.63, 3.8) is 0 Å². The Balaban J connectivity index is 2.37. The molecule has 1 aliphatic rings. The average molecular weight is 276 g/mol. The molecule has 1 fully saturated rings. The molecule has 3 atom stereocenters. The van der Waals surface area contributed by atoms with Gasteiger partial charge in [-0.15, -0.1) is 0 Å². The van der Waals surface area contributed by atoms with Crippen molar-refractivity contribution in [1.82, 2.24) is 9.55 Å². The van der Waals surface area contributed by atoms with Crippen LogP contribution in [0.1, 0.15) is 6.23 Å². The van der Waals surface area contributed by atoms with Crippen molar-refractivity contribution in [1.29, 1.82) is 0 Å². The van der Waals surface area contributed by atoms with Crippen LogP contribution in [0, 0.1) is 0 Å². The van der Waals surface area contributed by atoms with Crippen LogP contribution in [0.5, 0.6) is 0 Å². The van der Waals surface area contributed by atoms with E-state index in [0.29, 0.717) is 0 Å². The maximum Gasteiger partial charge on any atom is 0.702 e. The van der Waals surface area contributed by atoms with Crippen molar-refractivity contribution in [3.05, 3.63) is 22.7 Å². The number of hydrogen-bond donors (Lipinski definition) is 2. The molecule has 0 aliphatic carbocycles. The second-order valence-electron chi connectivity index (χ2n) is 3.40. The van der Waals surface area contributed by atoms with E-state index in [9.17, 15) is 9.36 Å². The van der Waals surface area contributed by atoms with E-state index in [2.05, 4.69) is 9.51 Å². The molecule has 10 heteroatoms. The molecule has 9 nitrogen and oxygen atoms in total. The molecule has 1 aromatic rings. The molecule has 18 heavy (non-hydrogen) atoms. The van der Waals surface area contributed by atoms with Crippen LogP contribution in [-0.4, -0.2) is 34.2 Å². The first-order valence-electron chi connectivity index (χ1n) is 4.96. The van der Waals surface area contributed by atoms with Crippen LogP contribution in [0.4, 0.5) is 5.82 Å². The fourth-order valence-corrected chi connectivity index (χ4v) is 2.04. The van der Waals surface area contributed by atoms with Gasteiger partial charge in [0.2, 0.25) is 13.0 Å². The predicted octanol–water partition coefficient (Wildman–Crippen LogP) is -0.637. The molecule has 1 aliphatic heterocycles. The number of nitrogens with two attached hydrogens (primary N) is 1. The number of nitrogens with zero attached hydrogens (tertiary/aromatic N) is 2. The van der Waals surface area contributed by atoms with Crippen LogP contribution in [0.15, 0.2) is 17.1 Å². The standard InChI is InChI=1S/C8H10N3O6P/c9-6-1-2-11(8(13)10-6)7-5(3-12)15-4-16-18(14)17-7/h1-2,5,7,12H,3-4H2,(H-,9,10,13)/p+1/t5?,7-/m0/s1. The van der Waals surface area contributed by atoms with Gasteiger partial charge in [0.05, 0.1) is 6.61 Å². The lowest BCUT2D eigenvalue weighted by molar-refractivity contribution is -0.0923. The molecule has 1 saturated heterocycles. The van der Waals surface area contributed by atoms with E-state index in [1.54, 1.807) is 0 Å². The van der Waals surface area contributed by atoms with Crippen molar-refractivity contribution >= 4 is 14.1 Å². The van der Waals surface area contributed by atoms with Gasteiger partial charge in [-0.3, -0.25) is 4.57 Å². The van der Waals surface area contributed by atoms with Gasteiger partial charge in [0.1, 0.15) is 11.9 Å². The maximum absolute atomic E-state index is 11.6. The highest BCUT2D eigenvalue weighted by molar-refractivity contribution is 7.33. The van der Waals surface area contributed by atoms with E-state index in [1.165, 1.54) is 12.3 Å². The van der Waals surface area contributed by atoms with Crippen LogP contribution < -0.4 is 11.4 Å².